The van der Waals surface area contributed by atoms with Gasteiger partial charge in [0.1, 0.15) is 11.5 Å². The number of carbonyl (C=O) groups is 1. The summed E-state index contributed by atoms with van der Waals surface area (Å²) in [5.41, 5.74) is 2.12. The molecule has 2 aromatic carbocycles. The van der Waals surface area contributed by atoms with E-state index in [2.05, 4.69) is 10.3 Å². The molecule has 6 heteroatoms. The van der Waals surface area contributed by atoms with E-state index in [4.69, 9.17) is 9.47 Å². The van der Waals surface area contributed by atoms with Crippen LogP contribution in [-0.4, -0.2) is 31.7 Å². The molecule has 2 N–H and O–H groups in total. The molecule has 0 saturated carbocycles. The second kappa shape index (κ2) is 9.08. The number of methoxy groups -OCH3 is 2. The number of fused-ring (bicyclic) bond motifs is 1. The third-order valence-corrected chi connectivity index (χ3v) is 4.66. The van der Waals surface area contributed by atoms with Gasteiger partial charge >= 0.3 is 0 Å². The van der Waals surface area contributed by atoms with Crippen molar-refractivity contribution in [1.82, 2.24) is 10.3 Å². The van der Waals surface area contributed by atoms with Crippen molar-refractivity contribution < 1.29 is 14.3 Å². The fraction of sp³-hybridized carbons (Fsp3) is 0.273. The first-order chi connectivity index (χ1) is 13.6. The lowest BCUT2D eigenvalue weighted by molar-refractivity contribution is -0.121. The number of pyridine rings is 1. The van der Waals surface area contributed by atoms with Gasteiger partial charge in [0.15, 0.2) is 0 Å². The second-order valence-electron chi connectivity index (χ2n) is 6.47. The number of hydrogen-bond donors (Lipinski definition) is 2. The number of hydrogen-bond acceptors (Lipinski definition) is 4. The van der Waals surface area contributed by atoms with Crippen molar-refractivity contribution in [3.63, 3.8) is 0 Å². The Labute approximate surface area is 163 Å². The molecule has 6 nitrogen and oxygen atoms in total. The smallest absolute Gasteiger partial charge is 0.251 e. The van der Waals surface area contributed by atoms with Gasteiger partial charge in [0.05, 0.1) is 19.7 Å². The van der Waals surface area contributed by atoms with Crippen LogP contribution in [-0.2, 0) is 17.6 Å². The van der Waals surface area contributed by atoms with E-state index in [-0.39, 0.29) is 11.5 Å². The van der Waals surface area contributed by atoms with Gasteiger partial charge in [-0.2, -0.15) is 0 Å². The summed E-state index contributed by atoms with van der Waals surface area (Å²) in [5, 5.41) is 3.65. The standard InChI is InChI=1S/C22H24N2O4/c1-27-18-9-10-19(28-2)21-17(18)14-16(22(26)24-21)12-13-23-20(25)11-8-15-6-4-3-5-7-15/h3-7,9-10,14H,8,11-13H2,1-2H3,(H,23,25)(H,24,26). The van der Waals surface area contributed by atoms with Crippen LogP contribution in [0.4, 0.5) is 0 Å². The van der Waals surface area contributed by atoms with E-state index in [9.17, 15) is 9.59 Å². The molecule has 0 bridgehead atoms. The zero-order valence-electron chi connectivity index (χ0n) is 16.1. The molecule has 1 heterocycles. The topological polar surface area (TPSA) is 80.4 Å². The number of carbonyl (C=O) groups excluding carboxylic acids is 1. The van der Waals surface area contributed by atoms with Gasteiger partial charge < -0.3 is 19.8 Å². The van der Waals surface area contributed by atoms with Crippen molar-refractivity contribution in [2.45, 2.75) is 19.3 Å². The minimum atomic E-state index is -0.197. The zero-order chi connectivity index (χ0) is 19.9. The maximum Gasteiger partial charge on any atom is 0.251 e. The molecule has 0 fully saturated rings. The Bertz CT molecular complexity index is 1010. The Kier molecular flexibility index (Phi) is 6.32. The molecule has 0 unspecified atom stereocenters. The number of aryl methyl sites for hydroxylation is 1. The minimum absolute atomic E-state index is 0.0275. The molecule has 0 aliphatic heterocycles. The maximum atomic E-state index is 12.4. The molecule has 1 amide bonds. The SMILES string of the molecule is COc1ccc(OC)c2[nH]c(=O)c(CCNC(=O)CCc3ccccc3)cc12. The highest BCUT2D eigenvalue weighted by molar-refractivity contribution is 5.90. The third-order valence-electron chi connectivity index (χ3n) is 4.66. The average molecular weight is 380 g/mol. The van der Waals surface area contributed by atoms with E-state index in [1.54, 1.807) is 32.4 Å². The quantitative estimate of drug-likeness (QED) is 0.630. The lowest BCUT2D eigenvalue weighted by Crippen LogP contribution is -2.27. The highest BCUT2D eigenvalue weighted by Gasteiger charge is 2.12. The van der Waals surface area contributed by atoms with Crippen molar-refractivity contribution in [3.8, 4) is 11.5 Å². The van der Waals surface area contributed by atoms with Crippen LogP contribution < -0.4 is 20.3 Å². The van der Waals surface area contributed by atoms with Crippen molar-refractivity contribution in [1.29, 1.82) is 0 Å². The van der Waals surface area contributed by atoms with E-state index in [0.717, 1.165) is 10.9 Å². The highest BCUT2D eigenvalue weighted by Crippen LogP contribution is 2.31. The van der Waals surface area contributed by atoms with Gasteiger partial charge in [-0.1, -0.05) is 30.3 Å². The fourth-order valence-electron chi connectivity index (χ4n) is 3.15. The Hall–Kier alpha value is -3.28. The van der Waals surface area contributed by atoms with E-state index < -0.39 is 0 Å². The van der Waals surface area contributed by atoms with Gasteiger partial charge in [-0.05, 0) is 36.6 Å². The summed E-state index contributed by atoms with van der Waals surface area (Å²) in [6.45, 7) is 0.397. The predicted octanol–water partition coefficient (Wildman–Crippen LogP) is 2.84. The molecule has 0 aliphatic carbocycles. The second-order valence-corrected chi connectivity index (χ2v) is 6.47. The molecule has 1 aromatic heterocycles. The minimum Gasteiger partial charge on any atom is -0.496 e. The largest absolute Gasteiger partial charge is 0.496 e. The number of aromatic nitrogens is 1. The number of aromatic amines is 1. The van der Waals surface area contributed by atoms with Crippen LogP contribution in [0, 0.1) is 0 Å². The van der Waals surface area contributed by atoms with Crippen LogP contribution in [0.1, 0.15) is 17.5 Å². The third kappa shape index (κ3) is 4.52. The van der Waals surface area contributed by atoms with Crippen LogP contribution in [0.3, 0.4) is 0 Å². The number of benzene rings is 2. The predicted molar refractivity (Wildman–Crippen MR) is 109 cm³/mol. The molecule has 0 radical (unpaired) electrons. The Balaban J connectivity index is 1.65. The van der Waals surface area contributed by atoms with Crippen LogP contribution >= 0.6 is 0 Å². The van der Waals surface area contributed by atoms with Gasteiger partial charge in [-0.25, -0.2) is 0 Å². The monoisotopic (exact) mass is 380 g/mol. The summed E-state index contributed by atoms with van der Waals surface area (Å²) in [4.78, 5) is 27.3. The van der Waals surface area contributed by atoms with Gasteiger partial charge in [0.25, 0.3) is 5.56 Å². The van der Waals surface area contributed by atoms with Crippen LogP contribution in [0.15, 0.2) is 53.3 Å². The molecular formula is C22H24N2O4. The Morgan fingerprint density at radius 3 is 2.43 bits per heavy atom. The Morgan fingerprint density at radius 1 is 1.00 bits per heavy atom. The first-order valence-corrected chi connectivity index (χ1v) is 9.20. The summed E-state index contributed by atoms with van der Waals surface area (Å²) in [5.74, 6) is 1.20. The number of H-pyrrole nitrogens is 1. The molecular weight excluding hydrogens is 356 g/mol. The first kappa shape index (κ1) is 19.5. The number of nitrogens with one attached hydrogen (secondary N) is 2. The van der Waals surface area contributed by atoms with Crippen molar-refractivity contribution in [3.05, 3.63) is 70.0 Å². The summed E-state index contributed by atoms with van der Waals surface area (Å²) in [6, 6.07) is 15.2. The molecule has 0 spiro atoms. The van der Waals surface area contributed by atoms with Gasteiger partial charge in [-0.15, -0.1) is 0 Å². The van der Waals surface area contributed by atoms with E-state index in [0.29, 0.717) is 48.4 Å². The number of rotatable bonds is 8. The summed E-state index contributed by atoms with van der Waals surface area (Å²) >= 11 is 0. The zero-order valence-corrected chi connectivity index (χ0v) is 16.1. The van der Waals surface area contributed by atoms with E-state index in [1.165, 1.54) is 0 Å². The molecule has 146 valence electrons. The lowest BCUT2D eigenvalue weighted by Gasteiger charge is -2.11. The van der Waals surface area contributed by atoms with E-state index in [1.807, 2.05) is 30.3 Å². The number of ether oxygens (including phenoxy) is 2. The lowest BCUT2D eigenvalue weighted by atomic mass is 10.1. The van der Waals surface area contributed by atoms with Crippen molar-refractivity contribution >= 4 is 16.8 Å². The normalized spacial score (nSPS) is 10.6. The molecule has 3 rings (SSSR count). The van der Waals surface area contributed by atoms with Crippen molar-refractivity contribution in [2.24, 2.45) is 0 Å². The molecule has 0 saturated heterocycles. The van der Waals surface area contributed by atoms with E-state index >= 15 is 0 Å². The first-order valence-electron chi connectivity index (χ1n) is 9.20. The Morgan fingerprint density at radius 2 is 1.71 bits per heavy atom. The van der Waals surface area contributed by atoms with Crippen LogP contribution in [0.25, 0.3) is 10.9 Å². The molecule has 28 heavy (non-hydrogen) atoms. The molecule has 0 atom stereocenters. The van der Waals surface area contributed by atoms with Gasteiger partial charge in [0, 0.05) is 23.9 Å². The molecule has 0 aliphatic rings. The summed E-state index contributed by atoms with van der Waals surface area (Å²) in [7, 11) is 3.14. The van der Waals surface area contributed by atoms with Crippen molar-refractivity contribution in [2.75, 3.05) is 20.8 Å². The fourth-order valence-corrected chi connectivity index (χ4v) is 3.15. The van der Waals surface area contributed by atoms with Crippen LogP contribution in [0.5, 0.6) is 11.5 Å². The van der Waals surface area contributed by atoms with Crippen LogP contribution in [0.2, 0.25) is 0 Å². The number of amides is 1. The summed E-state index contributed by atoms with van der Waals surface area (Å²) in [6.07, 6.45) is 1.55. The summed E-state index contributed by atoms with van der Waals surface area (Å²) < 4.78 is 10.7. The highest BCUT2D eigenvalue weighted by atomic mass is 16.5. The molecule has 3 aromatic rings. The average Bonchev–Trinajstić information content (AvgIpc) is 2.72. The van der Waals surface area contributed by atoms with Gasteiger partial charge in [0.2, 0.25) is 5.91 Å². The van der Waals surface area contributed by atoms with Gasteiger partial charge in [-0.3, -0.25) is 9.59 Å². The maximum absolute atomic E-state index is 12.4.